The molecular formula is C44H48N8O6. The molecule has 5 aromatic rings. The molecule has 0 aliphatic carbocycles. The maximum Gasteiger partial charge on any atom is 0.272 e. The standard InChI is InChI=1S/C44H48N8O6/c1-5-45-30-15-17-32(18-16-30)49-42(54)37-21-29(26-50(37)2)28-11-13-31(14-12-28)48-43(55)38-22-33(27-51(38)3)47-41(53)10-8-20-58-40-24-36-35(23-39(40)57-4)44(56)52-19-7-6-9-34(52)25-46-36/h11-18,21-27,34,45H,5-10,19-20H2,1-4H3,(H,47,53)(H,48,55)(H,49,54)/t34-/m0/s1. The molecule has 7 rings (SSSR count). The lowest BCUT2D eigenvalue weighted by atomic mass is 10.0. The third-order valence-corrected chi connectivity index (χ3v) is 10.3. The lowest BCUT2D eigenvalue weighted by Gasteiger charge is -2.32. The molecule has 4 amide bonds. The number of hydrogen-bond acceptors (Lipinski definition) is 8. The molecular weight excluding hydrogens is 737 g/mol. The second-order valence-corrected chi connectivity index (χ2v) is 14.4. The summed E-state index contributed by atoms with van der Waals surface area (Å²) in [6.45, 7) is 3.79. The number of ether oxygens (including phenoxy) is 2. The zero-order valence-corrected chi connectivity index (χ0v) is 33.1. The van der Waals surface area contributed by atoms with E-state index in [4.69, 9.17) is 9.47 Å². The molecule has 4 N–H and O–H groups in total. The van der Waals surface area contributed by atoms with Gasteiger partial charge >= 0.3 is 0 Å². The van der Waals surface area contributed by atoms with Crippen molar-refractivity contribution in [1.82, 2.24) is 14.0 Å². The Morgan fingerprint density at radius 1 is 0.776 bits per heavy atom. The first-order valence-electron chi connectivity index (χ1n) is 19.5. The SMILES string of the molecule is CCNc1ccc(NC(=O)c2cc(-c3ccc(NC(=O)c4cc(NC(=O)CCCOc5cc6c(cc5OC)C(=O)N5CCCC[C@H]5C=N6)cn4C)cc3)cn2C)cc1. The van der Waals surface area contributed by atoms with Gasteiger partial charge in [-0.05, 0) is 92.8 Å². The third kappa shape index (κ3) is 8.91. The predicted molar refractivity (Wildman–Crippen MR) is 226 cm³/mol. The first kappa shape index (κ1) is 39.4. The maximum atomic E-state index is 13.3. The summed E-state index contributed by atoms with van der Waals surface area (Å²) in [4.78, 5) is 58.9. The summed E-state index contributed by atoms with van der Waals surface area (Å²) in [5.74, 6) is 0.0553. The second-order valence-electron chi connectivity index (χ2n) is 14.4. The van der Waals surface area contributed by atoms with Crippen LogP contribution in [0.25, 0.3) is 11.1 Å². The number of nitrogens with zero attached hydrogens (tertiary/aromatic N) is 4. The molecule has 0 saturated carbocycles. The fourth-order valence-corrected chi connectivity index (χ4v) is 7.24. The molecule has 0 radical (unpaired) electrons. The highest BCUT2D eigenvalue weighted by atomic mass is 16.5. The van der Waals surface area contributed by atoms with Crippen LogP contribution in [0.3, 0.4) is 0 Å². The molecule has 2 aromatic heterocycles. The third-order valence-electron chi connectivity index (χ3n) is 10.3. The molecule has 0 unspecified atom stereocenters. The van der Waals surface area contributed by atoms with E-state index in [0.717, 1.165) is 42.6 Å². The van der Waals surface area contributed by atoms with Crippen molar-refractivity contribution in [2.45, 2.75) is 45.1 Å². The van der Waals surface area contributed by atoms with Crippen LogP contribution in [0.4, 0.5) is 28.4 Å². The van der Waals surface area contributed by atoms with Crippen LogP contribution in [0.5, 0.6) is 11.5 Å². The van der Waals surface area contributed by atoms with Crippen LogP contribution >= 0.6 is 0 Å². The largest absolute Gasteiger partial charge is 0.493 e. The Morgan fingerprint density at radius 3 is 2.16 bits per heavy atom. The number of fused-ring (bicyclic) bond motifs is 2. The van der Waals surface area contributed by atoms with Crippen molar-refractivity contribution in [1.29, 1.82) is 0 Å². The van der Waals surface area contributed by atoms with E-state index in [1.807, 2.05) is 73.7 Å². The monoisotopic (exact) mass is 784 g/mol. The minimum absolute atomic E-state index is 0.00676. The Kier molecular flexibility index (Phi) is 11.9. The minimum atomic E-state index is -0.335. The minimum Gasteiger partial charge on any atom is -0.493 e. The van der Waals surface area contributed by atoms with Crippen molar-refractivity contribution in [3.8, 4) is 22.6 Å². The highest BCUT2D eigenvalue weighted by Gasteiger charge is 2.31. The highest BCUT2D eigenvalue weighted by Crippen LogP contribution is 2.38. The van der Waals surface area contributed by atoms with Gasteiger partial charge in [0.2, 0.25) is 5.91 Å². The van der Waals surface area contributed by atoms with Crippen molar-refractivity contribution >= 4 is 58.3 Å². The smallest absolute Gasteiger partial charge is 0.272 e. The van der Waals surface area contributed by atoms with Crippen LogP contribution in [-0.2, 0) is 18.9 Å². The summed E-state index contributed by atoms with van der Waals surface area (Å²) in [5, 5.41) is 12.0. The van der Waals surface area contributed by atoms with Crippen molar-refractivity contribution in [2.75, 3.05) is 48.1 Å². The lowest BCUT2D eigenvalue weighted by Crippen LogP contribution is -2.43. The summed E-state index contributed by atoms with van der Waals surface area (Å²) in [6, 6.07) is 21.8. The summed E-state index contributed by atoms with van der Waals surface area (Å²) in [5.41, 5.74) is 6.43. The van der Waals surface area contributed by atoms with Gasteiger partial charge in [-0.15, -0.1) is 0 Å². The van der Waals surface area contributed by atoms with Gasteiger partial charge in [0.05, 0.1) is 36.7 Å². The van der Waals surface area contributed by atoms with E-state index in [0.29, 0.717) is 64.2 Å². The van der Waals surface area contributed by atoms with E-state index in [1.54, 1.807) is 52.7 Å². The number of hydrogen-bond donors (Lipinski definition) is 4. The van der Waals surface area contributed by atoms with E-state index >= 15 is 0 Å². The van der Waals surface area contributed by atoms with Crippen LogP contribution in [0.1, 0.15) is 70.4 Å². The van der Waals surface area contributed by atoms with Crippen LogP contribution < -0.4 is 30.7 Å². The number of nitrogens with one attached hydrogen (secondary N) is 4. The Morgan fingerprint density at radius 2 is 1.45 bits per heavy atom. The zero-order valence-electron chi connectivity index (χ0n) is 33.1. The van der Waals surface area contributed by atoms with Crippen molar-refractivity contribution in [3.63, 3.8) is 0 Å². The molecule has 0 spiro atoms. The Labute approximate surface area is 337 Å². The molecule has 14 heteroatoms. The Bertz CT molecular complexity index is 2340. The normalized spacial score (nSPS) is 14.5. The number of amides is 4. The average Bonchev–Trinajstić information content (AvgIpc) is 3.77. The van der Waals surface area contributed by atoms with Gasteiger partial charge in [0.15, 0.2) is 11.5 Å². The molecule has 2 aliphatic rings. The molecule has 4 heterocycles. The van der Waals surface area contributed by atoms with Gasteiger partial charge in [-0.3, -0.25) is 24.2 Å². The van der Waals surface area contributed by atoms with E-state index in [9.17, 15) is 19.2 Å². The number of anilines is 4. The Balaban J connectivity index is 0.893. The molecule has 0 bridgehead atoms. The summed E-state index contributed by atoms with van der Waals surface area (Å²) in [6.07, 6.45) is 8.96. The Hall–Kier alpha value is -6.83. The zero-order chi connectivity index (χ0) is 40.8. The molecule has 3 aromatic carbocycles. The topological polar surface area (TPSA) is 160 Å². The molecule has 300 valence electrons. The van der Waals surface area contributed by atoms with Crippen molar-refractivity contribution in [2.24, 2.45) is 19.1 Å². The predicted octanol–water partition coefficient (Wildman–Crippen LogP) is 7.48. The van der Waals surface area contributed by atoms with Gasteiger partial charge in [0, 0.05) is 80.9 Å². The van der Waals surface area contributed by atoms with E-state index < -0.39 is 0 Å². The number of aromatic nitrogens is 2. The van der Waals surface area contributed by atoms with E-state index in [2.05, 4.69) is 26.3 Å². The number of carbonyl (C=O) groups excluding carboxylic acids is 4. The number of piperidine rings is 1. The highest BCUT2D eigenvalue weighted by molar-refractivity contribution is 6.06. The fourth-order valence-electron chi connectivity index (χ4n) is 7.24. The summed E-state index contributed by atoms with van der Waals surface area (Å²) in [7, 11) is 5.09. The van der Waals surface area contributed by atoms with Crippen LogP contribution in [0, 0.1) is 0 Å². The van der Waals surface area contributed by atoms with Gasteiger partial charge in [-0.1, -0.05) is 12.1 Å². The number of methoxy groups -OCH3 is 1. The van der Waals surface area contributed by atoms with Gasteiger partial charge in [-0.2, -0.15) is 0 Å². The first-order chi connectivity index (χ1) is 28.1. The first-order valence-corrected chi connectivity index (χ1v) is 19.5. The summed E-state index contributed by atoms with van der Waals surface area (Å²) >= 11 is 0. The molecule has 1 atom stereocenters. The van der Waals surface area contributed by atoms with E-state index in [-0.39, 0.29) is 42.7 Å². The van der Waals surface area contributed by atoms with Crippen LogP contribution in [0.2, 0.25) is 0 Å². The summed E-state index contributed by atoms with van der Waals surface area (Å²) < 4.78 is 15.0. The number of benzene rings is 3. The van der Waals surface area contributed by atoms with Crippen LogP contribution in [-0.4, -0.2) is 76.7 Å². The van der Waals surface area contributed by atoms with Gasteiger partial charge in [-0.25, -0.2) is 0 Å². The van der Waals surface area contributed by atoms with Gasteiger partial charge in [0.1, 0.15) is 11.4 Å². The van der Waals surface area contributed by atoms with Crippen molar-refractivity contribution < 1.29 is 28.7 Å². The number of rotatable bonds is 14. The average molecular weight is 785 g/mol. The quantitative estimate of drug-likeness (QED) is 0.0850. The molecule has 2 aliphatic heterocycles. The molecule has 14 nitrogen and oxygen atoms in total. The number of aliphatic imine (C=N–C) groups is 1. The molecule has 1 fully saturated rings. The van der Waals surface area contributed by atoms with Gasteiger partial charge in [0.25, 0.3) is 17.7 Å². The van der Waals surface area contributed by atoms with Crippen LogP contribution in [0.15, 0.2) is 90.2 Å². The lowest BCUT2D eigenvalue weighted by molar-refractivity contribution is -0.116. The van der Waals surface area contributed by atoms with E-state index in [1.165, 1.54) is 7.11 Å². The maximum absolute atomic E-state index is 13.3. The fraction of sp³-hybridized carbons (Fsp3) is 0.295. The molecule has 58 heavy (non-hydrogen) atoms. The number of carbonyl (C=O) groups is 4. The number of aryl methyl sites for hydroxylation is 2. The second kappa shape index (κ2) is 17.5. The van der Waals surface area contributed by atoms with Crippen molar-refractivity contribution in [3.05, 3.63) is 102 Å². The molecule has 1 saturated heterocycles. The van der Waals surface area contributed by atoms with Gasteiger partial charge < -0.3 is 44.8 Å².